The molecule has 0 aliphatic carbocycles. The fraction of sp³-hybridized carbons (Fsp3) is 0. The van der Waals surface area contributed by atoms with Crippen LogP contribution in [0.25, 0.3) is 16.2 Å². The predicted octanol–water partition coefficient (Wildman–Crippen LogP) is 3.24. The first kappa shape index (κ1) is 14.5. The number of carbonyl (C=O) groups excluding carboxylic acids is 1. The van der Waals surface area contributed by atoms with Crippen LogP contribution in [-0.4, -0.2) is 25.3 Å². The molecule has 0 unspecified atom stereocenters. The van der Waals surface area contributed by atoms with Crippen LogP contribution in [0, 0.1) is 5.82 Å². The van der Waals surface area contributed by atoms with Crippen molar-refractivity contribution in [2.24, 2.45) is 0 Å². The van der Waals surface area contributed by atoms with Crippen LogP contribution in [0.15, 0.2) is 54.3 Å². The van der Waals surface area contributed by atoms with E-state index in [1.807, 2.05) is 0 Å². The number of fused-ring (bicyclic) bond motifs is 1. The number of rotatable bonds is 3. The molecular formula is C16H10FN5OS. The van der Waals surface area contributed by atoms with Gasteiger partial charge in [-0.05, 0) is 30.3 Å². The summed E-state index contributed by atoms with van der Waals surface area (Å²) >= 11 is 1.35. The zero-order chi connectivity index (χ0) is 16.5. The molecule has 0 saturated carbocycles. The van der Waals surface area contributed by atoms with Crippen LogP contribution in [0.3, 0.4) is 0 Å². The summed E-state index contributed by atoms with van der Waals surface area (Å²) in [4.78, 5) is 25.5. The topological polar surface area (TPSA) is 72.2 Å². The molecule has 0 saturated heterocycles. The third-order valence-electron chi connectivity index (χ3n) is 3.37. The van der Waals surface area contributed by atoms with E-state index in [4.69, 9.17) is 0 Å². The highest BCUT2D eigenvalue weighted by Gasteiger charge is 2.16. The maximum atomic E-state index is 13.0. The first-order chi connectivity index (χ1) is 11.7. The summed E-state index contributed by atoms with van der Waals surface area (Å²) in [6.07, 6.45) is 4.85. The number of amides is 1. The first-order valence-corrected chi connectivity index (χ1v) is 7.89. The maximum absolute atomic E-state index is 13.0. The molecule has 0 radical (unpaired) electrons. The van der Waals surface area contributed by atoms with Crippen LogP contribution < -0.4 is 5.32 Å². The molecule has 0 aliphatic heterocycles. The molecular weight excluding hydrogens is 329 g/mol. The molecule has 1 amide bonds. The Balaban J connectivity index is 1.67. The molecule has 1 aromatic carbocycles. The van der Waals surface area contributed by atoms with Crippen LogP contribution in [0.1, 0.15) is 10.5 Å². The van der Waals surface area contributed by atoms with Crippen LogP contribution in [0.2, 0.25) is 0 Å². The Labute approximate surface area is 139 Å². The van der Waals surface area contributed by atoms with E-state index >= 15 is 0 Å². The van der Waals surface area contributed by atoms with Crippen molar-refractivity contribution in [3.8, 4) is 11.3 Å². The van der Waals surface area contributed by atoms with Gasteiger partial charge in [0.25, 0.3) is 5.91 Å². The van der Waals surface area contributed by atoms with E-state index in [2.05, 4.69) is 20.3 Å². The molecule has 118 valence electrons. The standard InChI is InChI=1S/C16H10FN5OS/c17-11-4-2-10(3-5-11)12-8-22-13(9-24-16(22)20-12)14(23)21-15-18-6-1-7-19-15/h1-9H,(H,18,19,21,23). The summed E-state index contributed by atoms with van der Waals surface area (Å²) in [5, 5.41) is 4.36. The predicted molar refractivity (Wildman–Crippen MR) is 88.4 cm³/mol. The van der Waals surface area contributed by atoms with Crippen molar-refractivity contribution in [1.29, 1.82) is 0 Å². The molecule has 0 bridgehead atoms. The van der Waals surface area contributed by atoms with Gasteiger partial charge < -0.3 is 0 Å². The molecule has 8 heteroatoms. The summed E-state index contributed by atoms with van der Waals surface area (Å²) < 4.78 is 14.7. The number of hydrogen-bond acceptors (Lipinski definition) is 5. The van der Waals surface area contributed by atoms with E-state index in [0.29, 0.717) is 16.3 Å². The van der Waals surface area contributed by atoms with Gasteiger partial charge in [0, 0.05) is 29.5 Å². The summed E-state index contributed by atoms with van der Waals surface area (Å²) in [5.41, 5.74) is 1.89. The lowest BCUT2D eigenvalue weighted by atomic mass is 10.2. The largest absolute Gasteiger partial charge is 0.289 e. The average molecular weight is 339 g/mol. The molecule has 0 aliphatic rings. The SMILES string of the molecule is O=C(Nc1ncccn1)c1csc2nc(-c3ccc(F)cc3)cn12. The number of nitrogens with zero attached hydrogens (tertiary/aromatic N) is 4. The Morgan fingerprint density at radius 2 is 1.92 bits per heavy atom. The molecule has 0 atom stereocenters. The number of nitrogens with one attached hydrogen (secondary N) is 1. The lowest BCUT2D eigenvalue weighted by molar-refractivity contribution is 0.102. The van der Waals surface area contributed by atoms with Crippen molar-refractivity contribution in [2.45, 2.75) is 0 Å². The van der Waals surface area contributed by atoms with E-state index in [1.54, 1.807) is 46.6 Å². The Hall–Kier alpha value is -3.13. The third-order valence-corrected chi connectivity index (χ3v) is 4.21. The number of imidazole rings is 1. The van der Waals surface area contributed by atoms with Gasteiger partial charge in [0.05, 0.1) is 5.69 Å². The second kappa shape index (κ2) is 5.82. The Bertz CT molecular complexity index is 1010. The number of aromatic nitrogens is 4. The molecule has 24 heavy (non-hydrogen) atoms. The van der Waals surface area contributed by atoms with Crippen LogP contribution in [0.4, 0.5) is 10.3 Å². The molecule has 0 spiro atoms. The third kappa shape index (κ3) is 2.63. The average Bonchev–Trinajstić information content (AvgIpc) is 3.17. The number of hydrogen-bond donors (Lipinski definition) is 1. The van der Waals surface area contributed by atoms with Gasteiger partial charge in [0.2, 0.25) is 5.95 Å². The van der Waals surface area contributed by atoms with Crippen molar-refractivity contribution in [2.75, 3.05) is 5.32 Å². The van der Waals surface area contributed by atoms with Gasteiger partial charge in [-0.1, -0.05) is 0 Å². The smallest absolute Gasteiger partial charge is 0.275 e. The second-order valence-electron chi connectivity index (χ2n) is 4.93. The lowest BCUT2D eigenvalue weighted by Crippen LogP contribution is -2.15. The molecule has 0 fully saturated rings. The van der Waals surface area contributed by atoms with Gasteiger partial charge in [0.1, 0.15) is 11.5 Å². The highest BCUT2D eigenvalue weighted by atomic mass is 32.1. The summed E-state index contributed by atoms with van der Waals surface area (Å²) in [5.74, 6) is -0.390. The van der Waals surface area contributed by atoms with Gasteiger partial charge in [-0.25, -0.2) is 19.3 Å². The second-order valence-corrected chi connectivity index (χ2v) is 5.77. The molecule has 4 aromatic rings. The normalized spacial score (nSPS) is 10.9. The van der Waals surface area contributed by atoms with Crippen molar-refractivity contribution in [1.82, 2.24) is 19.4 Å². The minimum Gasteiger partial charge on any atom is -0.289 e. The van der Waals surface area contributed by atoms with Crippen molar-refractivity contribution < 1.29 is 9.18 Å². The van der Waals surface area contributed by atoms with E-state index < -0.39 is 0 Å². The van der Waals surface area contributed by atoms with Gasteiger partial charge in [-0.3, -0.25) is 14.5 Å². The van der Waals surface area contributed by atoms with Gasteiger partial charge in [0.15, 0.2) is 4.96 Å². The molecule has 4 rings (SSSR count). The Morgan fingerprint density at radius 1 is 1.17 bits per heavy atom. The van der Waals surface area contributed by atoms with Gasteiger partial charge in [-0.2, -0.15) is 0 Å². The van der Waals surface area contributed by atoms with E-state index in [0.717, 1.165) is 5.56 Å². The van der Waals surface area contributed by atoms with Crippen molar-refractivity contribution in [3.05, 3.63) is 65.8 Å². The number of anilines is 1. The van der Waals surface area contributed by atoms with E-state index in [1.165, 1.54) is 23.5 Å². The monoisotopic (exact) mass is 339 g/mol. The molecule has 3 heterocycles. The maximum Gasteiger partial charge on any atom is 0.275 e. The van der Waals surface area contributed by atoms with Crippen LogP contribution in [0.5, 0.6) is 0 Å². The summed E-state index contributed by atoms with van der Waals surface area (Å²) in [6.45, 7) is 0. The van der Waals surface area contributed by atoms with E-state index in [-0.39, 0.29) is 17.7 Å². The number of thiazole rings is 1. The Morgan fingerprint density at radius 3 is 2.67 bits per heavy atom. The minimum absolute atomic E-state index is 0.237. The van der Waals surface area contributed by atoms with Crippen molar-refractivity contribution in [3.63, 3.8) is 0 Å². The highest BCUT2D eigenvalue weighted by Crippen LogP contribution is 2.24. The fourth-order valence-corrected chi connectivity index (χ4v) is 3.09. The number of benzene rings is 1. The quantitative estimate of drug-likeness (QED) is 0.622. The van der Waals surface area contributed by atoms with Gasteiger partial charge in [-0.15, -0.1) is 11.3 Å². The van der Waals surface area contributed by atoms with Crippen molar-refractivity contribution >= 4 is 28.2 Å². The zero-order valence-electron chi connectivity index (χ0n) is 12.2. The van der Waals surface area contributed by atoms with Gasteiger partial charge >= 0.3 is 0 Å². The van der Waals surface area contributed by atoms with Crippen LogP contribution >= 0.6 is 11.3 Å². The fourth-order valence-electron chi connectivity index (χ4n) is 2.24. The Kier molecular flexibility index (Phi) is 3.51. The molecule has 6 nitrogen and oxygen atoms in total. The lowest BCUT2D eigenvalue weighted by Gasteiger charge is -2.01. The zero-order valence-corrected chi connectivity index (χ0v) is 13.0. The summed E-state index contributed by atoms with van der Waals surface area (Å²) in [6, 6.07) is 7.73. The highest BCUT2D eigenvalue weighted by molar-refractivity contribution is 7.15. The minimum atomic E-state index is -0.324. The van der Waals surface area contributed by atoms with E-state index in [9.17, 15) is 9.18 Å². The first-order valence-electron chi connectivity index (χ1n) is 7.01. The molecule has 1 N–H and O–H groups in total. The number of carbonyl (C=O) groups is 1. The number of halogens is 1. The molecule has 3 aromatic heterocycles. The van der Waals surface area contributed by atoms with Crippen LogP contribution in [-0.2, 0) is 0 Å². The summed E-state index contributed by atoms with van der Waals surface area (Å²) in [7, 11) is 0.